The van der Waals surface area contributed by atoms with Crippen molar-refractivity contribution in [3.05, 3.63) is 97.6 Å². The Morgan fingerprint density at radius 3 is 1.62 bits per heavy atom. The number of hydrogen-bond acceptors (Lipinski definition) is 4. The highest BCUT2D eigenvalue weighted by Gasteiger charge is 2.34. The molecule has 0 aromatic heterocycles. The third-order valence-corrected chi connectivity index (χ3v) is 6.27. The Bertz CT molecular complexity index is 1170. The van der Waals surface area contributed by atoms with Gasteiger partial charge in [0.25, 0.3) is 0 Å². The predicted molar refractivity (Wildman–Crippen MR) is 124 cm³/mol. The lowest BCUT2D eigenvalue weighted by atomic mass is 9.99. The van der Waals surface area contributed by atoms with Crippen molar-refractivity contribution in [2.24, 2.45) is 0 Å². The summed E-state index contributed by atoms with van der Waals surface area (Å²) < 4.78 is 40.6. The summed E-state index contributed by atoms with van der Waals surface area (Å²) in [5.74, 6) is 0. The smallest absolute Gasteiger partial charge is 0.282 e. The van der Waals surface area contributed by atoms with Crippen LogP contribution in [0.5, 0.6) is 0 Å². The van der Waals surface area contributed by atoms with Crippen LogP contribution in [0.15, 0.2) is 102 Å². The Balaban J connectivity index is 1.87. The molecule has 3 aromatic carbocycles. The average molecular weight is 471 g/mol. The summed E-state index contributed by atoms with van der Waals surface area (Å²) in [6.07, 6.45) is -2.35. The van der Waals surface area contributed by atoms with Crippen LogP contribution in [0, 0.1) is 0 Å². The summed E-state index contributed by atoms with van der Waals surface area (Å²) in [6, 6.07) is 18.5. The van der Waals surface area contributed by atoms with Crippen molar-refractivity contribution in [2.75, 3.05) is 0 Å². The van der Waals surface area contributed by atoms with E-state index >= 15 is 0 Å². The number of carbonyl (C=O) groups excluding carboxylic acids is 2. The molecule has 7 heteroatoms. The summed E-state index contributed by atoms with van der Waals surface area (Å²) in [4.78, 5) is 23.6. The zero-order chi connectivity index (χ0) is 23.3. The first-order chi connectivity index (χ1) is 15.2. The van der Waals surface area contributed by atoms with Gasteiger partial charge in [-0.2, -0.15) is 13.2 Å². The molecule has 0 aliphatic heterocycles. The molecular weight excluding hydrogens is 453 g/mol. The first kappa shape index (κ1) is 23.6. The van der Waals surface area contributed by atoms with Crippen LogP contribution < -0.4 is 0 Å². The highest BCUT2D eigenvalue weighted by atomic mass is 32.2. The Morgan fingerprint density at radius 2 is 1.12 bits per heavy atom. The lowest BCUT2D eigenvalue weighted by Gasteiger charge is -2.14. The molecule has 0 unspecified atom stereocenters. The molecule has 0 aliphatic rings. The molecule has 0 N–H and O–H groups in total. The van der Waals surface area contributed by atoms with E-state index in [2.05, 4.69) is 13.2 Å². The molecule has 2 nitrogen and oxygen atoms in total. The van der Waals surface area contributed by atoms with Crippen LogP contribution in [0.3, 0.4) is 0 Å². The van der Waals surface area contributed by atoms with Crippen molar-refractivity contribution >= 4 is 33.8 Å². The number of alkyl halides is 3. The fourth-order valence-electron chi connectivity index (χ4n) is 2.90. The topological polar surface area (TPSA) is 34.1 Å². The normalized spacial score (nSPS) is 11.1. The van der Waals surface area contributed by atoms with Gasteiger partial charge in [-0.25, -0.2) is 0 Å². The minimum Gasteiger partial charge on any atom is -0.282 e. The Hall–Kier alpha value is -3.03. The monoisotopic (exact) mass is 470 g/mol. The van der Waals surface area contributed by atoms with Crippen LogP contribution in [0.25, 0.3) is 22.3 Å². The second-order valence-corrected chi connectivity index (χ2v) is 8.69. The molecule has 0 bridgehead atoms. The van der Waals surface area contributed by atoms with E-state index in [-0.39, 0.29) is 10.0 Å². The molecule has 0 atom stereocenters. The van der Waals surface area contributed by atoms with Gasteiger partial charge in [-0.3, -0.25) is 9.59 Å². The molecule has 0 heterocycles. The third-order valence-electron chi connectivity index (χ3n) is 4.45. The van der Waals surface area contributed by atoms with Gasteiger partial charge in [0.2, 0.25) is 10.2 Å². The zero-order valence-electron chi connectivity index (χ0n) is 16.7. The predicted octanol–water partition coefficient (Wildman–Crippen LogP) is 7.65. The summed E-state index contributed by atoms with van der Waals surface area (Å²) >= 11 is 1.58. The number of benzene rings is 3. The van der Waals surface area contributed by atoms with Crippen molar-refractivity contribution in [3.8, 4) is 22.3 Å². The van der Waals surface area contributed by atoms with E-state index in [1.54, 1.807) is 18.2 Å². The van der Waals surface area contributed by atoms with E-state index in [1.807, 2.05) is 36.4 Å². The van der Waals surface area contributed by atoms with Gasteiger partial charge in [0, 0.05) is 9.79 Å². The van der Waals surface area contributed by atoms with E-state index in [1.165, 1.54) is 12.1 Å². The molecule has 3 rings (SSSR count). The van der Waals surface area contributed by atoms with Crippen LogP contribution in [-0.2, 0) is 15.8 Å². The van der Waals surface area contributed by atoms with E-state index in [9.17, 15) is 22.8 Å². The fourth-order valence-corrected chi connectivity index (χ4v) is 4.21. The molecule has 32 heavy (non-hydrogen) atoms. The van der Waals surface area contributed by atoms with E-state index < -0.39 is 16.9 Å². The summed E-state index contributed by atoms with van der Waals surface area (Å²) in [6.45, 7) is 6.74. The van der Waals surface area contributed by atoms with Crippen molar-refractivity contribution in [3.63, 3.8) is 0 Å². The summed E-state index contributed by atoms with van der Waals surface area (Å²) in [5.41, 5.74) is 1.96. The molecule has 3 aromatic rings. The maximum Gasteiger partial charge on any atom is 0.417 e. The number of halogens is 3. The third kappa shape index (κ3) is 5.81. The SMILES string of the molecule is C=CC(=O)Sc1ccc(-c2ccc(-c3ccc(SC(=O)C=C)c(C(F)(F)F)c3)cc2)cc1. The van der Waals surface area contributed by atoms with Crippen LogP contribution >= 0.6 is 23.5 Å². The lowest BCUT2D eigenvalue weighted by molar-refractivity contribution is -0.139. The van der Waals surface area contributed by atoms with Gasteiger partial charge in [0.1, 0.15) is 0 Å². The Labute approximate surface area is 192 Å². The molecule has 0 amide bonds. The Morgan fingerprint density at radius 1 is 0.688 bits per heavy atom. The highest BCUT2D eigenvalue weighted by molar-refractivity contribution is 8.14. The first-order valence-electron chi connectivity index (χ1n) is 9.32. The van der Waals surface area contributed by atoms with Gasteiger partial charge < -0.3 is 0 Å². The van der Waals surface area contributed by atoms with Crippen molar-refractivity contribution < 1.29 is 22.8 Å². The molecule has 162 valence electrons. The first-order valence-corrected chi connectivity index (χ1v) is 10.9. The Kier molecular flexibility index (Phi) is 7.43. The van der Waals surface area contributed by atoms with E-state index in [0.717, 1.165) is 39.9 Å². The lowest BCUT2D eigenvalue weighted by Crippen LogP contribution is -2.07. The highest BCUT2D eigenvalue weighted by Crippen LogP contribution is 2.39. The molecule has 0 radical (unpaired) electrons. The quantitative estimate of drug-likeness (QED) is 0.274. The minimum absolute atomic E-state index is 0.140. The average Bonchev–Trinajstić information content (AvgIpc) is 2.79. The van der Waals surface area contributed by atoms with Crippen LogP contribution in [0.4, 0.5) is 13.2 Å². The van der Waals surface area contributed by atoms with Gasteiger partial charge in [0.15, 0.2) is 0 Å². The van der Waals surface area contributed by atoms with Gasteiger partial charge in [-0.15, -0.1) is 0 Å². The summed E-state index contributed by atoms with van der Waals surface area (Å²) in [7, 11) is 0. The van der Waals surface area contributed by atoms with Crippen molar-refractivity contribution in [1.82, 2.24) is 0 Å². The van der Waals surface area contributed by atoms with Gasteiger partial charge >= 0.3 is 6.18 Å². The van der Waals surface area contributed by atoms with Gasteiger partial charge in [-0.1, -0.05) is 55.6 Å². The molecule has 0 saturated carbocycles. The second kappa shape index (κ2) is 10.1. The molecular formula is C25H17F3O2S2. The van der Waals surface area contributed by atoms with Gasteiger partial charge in [0.05, 0.1) is 5.56 Å². The maximum absolute atomic E-state index is 13.5. The largest absolute Gasteiger partial charge is 0.417 e. The number of rotatable bonds is 6. The molecule has 0 aliphatic carbocycles. The summed E-state index contributed by atoms with van der Waals surface area (Å²) in [5, 5.41) is -0.690. The standard InChI is InChI=1S/C25H17F3O2S2/c1-3-23(29)31-20-12-9-17(10-13-20)16-5-7-18(8-6-16)19-11-14-22(32-24(30)4-2)21(15-19)25(26,27)28/h3-15H,1-2H2. The number of carbonyl (C=O) groups is 2. The second-order valence-electron chi connectivity index (χ2n) is 6.56. The molecule has 0 spiro atoms. The van der Waals surface area contributed by atoms with Crippen molar-refractivity contribution in [2.45, 2.75) is 16.0 Å². The number of hydrogen-bond donors (Lipinski definition) is 0. The minimum atomic E-state index is -4.59. The fraction of sp³-hybridized carbons (Fsp3) is 0.0400. The van der Waals surface area contributed by atoms with Gasteiger partial charge in [-0.05, 0) is 82.2 Å². The zero-order valence-corrected chi connectivity index (χ0v) is 18.3. The maximum atomic E-state index is 13.5. The molecule has 0 saturated heterocycles. The number of thioether (sulfide) groups is 2. The van der Waals surface area contributed by atoms with Crippen molar-refractivity contribution in [1.29, 1.82) is 0 Å². The van der Waals surface area contributed by atoms with Crippen LogP contribution in [-0.4, -0.2) is 10.2 Å². The van der Waals surface area contributed by atoms with Crippen LogP contribution in [0.1, 0.15) is 5.56 Å². The van der Waals surface area contributed by atoms with Crippen LogP contribution in [0.2, 0.25) is 0 Å². The van der Waals surface area contributed by atoms with E-state index in [0.29, 0.717) is 22.9 Å². The molecule has 0 fully saturated rings. The van der Waals surface area contributed by atoms with E-state index in [4.69, 9.17) is 0 Å².